The number of carbonyl (C=O) groups is 1. The minimum atomic E-state index is -3.11. The van der Waals surface area contributed by atoms with E-state index in [1.807, 2.05) is 60.7 Å². The van der Waals surface area contributed by atoms with Crippen LogP contribution in [0.3, 0.4) is 0 Å². The molecule has 1 aliphatic rings. The Morgan fingerprint density at radius 1 is 1.03 bits per heavy atom. The van der Waals surface area contributed by atoms with Crippen molar-refractivity contribution in [2.24, 2.45) is 0 Å². The highest BCUT2D eigenvalue weighted by Crippen LogP contribution is 2.26. The summed E-state index contributed by atoms with van der Waals surface area (Å²) < 4.78 is 26.4. The van der Waals surface area contributed by atoms with Crippen LogP contribution in [0.15, 0.2) is 78.0 Å². The van der Waals surface area contributed by atoms with Crippen molar-refractivity contribution in [3.05, 3.63) is 83.5 Å². The van der Waals surface area contributed by atoms with Crippen LogP contribution in [-0.4, -0.2) is 45.2 Å². The Labute approximate surface area is 189 Å². The highest BCUT2D eigenvalue weighted by molar-refractivity contribution is 7.91. The van der Waals surface area contributed by atoms with Crippen LogP contribution in [0.1, 0.15) is 12.5 Å². The van der Waals surface area contributed by atoms with Gasteiger partial charge in [0.25, 0.3) is 11.5 Å². The topological polar surface area (TPSA) is 107 Å². The van der Waals surface area contributed by atoms with E-state index in [0.29, 0.717) is 23.4 Å². The molecular weight excluding hydrogens is 442 g/mol. The van der Waals surface area contributed by atoms with Crippen LogP contribution in [0.25, 0.3) is 11.0 Å². The quantitative estimate of drug-likeness (QED) is 0.450. The largest absolute Gasteiger partial charge is 0.289 e. The first-order valence-corrected chi connectivity index (χ1v) is 12.3. The van der Waals surface area contributed by atoms with Crippen molar-refractivity contribution in [1.29, 1.82) is 0 Å². The van der Waals surface area contributed by atoms with Crippen molar-refractivity contribution in [1.82, 2.24) is 19.3 Å². The first kappa shape index (κ1) is 21.1. The molecule has 0 saturated carbocycles. The second-order valence-corrected chi connectivity index (χ2v) is 10.2. The number of carbonyl (C=O) groups excluding carboxylic acids is 1. The Morgan fingerprint density at radius 2 is 1.67 bits per heavy atom. The molecule has 168 valence electrons. The fourth-order valence-electron chi connectivity index (χ4n) is 4.12. The number of amides is 1. The lowest BCUT2D eigenvalue weighted by Crippen LogP contribution is -2.33. The molecule has 5 rings (SSSR count). The van der Waals surface area contributed by atoms with Gasteiger partial charge < -0.3 is 0 Å². The molecule has 1 aliphatic heterocycles. The van der Waals surface area contributed by atoms with E-state index < -0.39 is 15.4 Å². The summed E-state index contributed by atoms with van der Waals surface area (Å²) in [6.07, 6.45) is 3.15. The molecule has 1 amide bonds. The van der Waals surface area contributed by atoms with E-state index in [4.69, 9.17) is 0 Å². The standard InChI is InChI=1S/C23H21N5O4S/c29-21(27(17-7-3-1-4-8-17)18-9-5-2-6-10-18)14-26-16-24-22-20(23(26)30)13-25-28(22)19-11-12-33(31,32)15-19/h1-10,13,16,19H,11-12,14-15H2. The Bertz CT molecular complexity index is 1440. The van der Waals surface area contributed by atoms with Gasteiger partial charge in [0.05, 0.1) is 23.7 Å². The second kappa shape index (κ2) is 8.28. The number of anilines is 2. The normalized spacial score (nSPS) is 17.3. The number of aromatic nitrogens is 4. The van der Waals surface area contributed by atoms with Crippen LogP contribution in [0.4, 0.5) is 11.4 Å². The van der Waals surface area contributed by atoms with Gasteiger partial charge in [-0.05, 0) is 30.7 Å². The van der Waals surface area contributed by atoms with Gasteiger partial charge in [0, 0.05) is 11.4 Å². The number of hydrogen-bond donors (Lipinski definition) is 0. The van der Waals surface area contributed by atoms with Crippen LogP contribution in [0.5, 0.6) is 0 Å². The van der Waals surface area contributed by atoms with E-state index in [-0.39, 0.29) is 35.4 Å². The molecule has 2 aromatic heterocycles. The van der Waals surface area contributed by atoms with Crippen LogP contribution >= 0.6 is 0 Å². The number of rotatable bonds is 5. The van der Waals surface area contributed by atoms with Crippen molar-refractivity contribution < 1.29 is 13.2 Å². The third-order valence-corrected chi connectivity index (χ3v) is 7.47. The minimum Gasteiger partial charge on any atom is -0.289 e. The number of benzene rings is 2. The van der Waals surface area contributed by atoms with E-state index in [0.717, 1.165) is 0 Å². The van der Waals surface area contributed by atoms with Crippen LogP contribution in [-0.2, 0) is 21.2 Å². The van der Waals surface area contributed by atoms with Gasteiger partial charge in [0.15, 0.2) is 15.5 Å². The van der Waals surface area contributed by atoms with Crippen LogP contribution in [0, 0.1) is 0 Å². The maximum Gasteiger partial charge on any atom is 0.264 e. The molecule has 1 unspecified atom stereocenters. The van der Waals surface area contributed by atoms with Crippen LogP contribution < -0.4 is 10.5 Å². The predicted octanol–water partition coefficient (Wildman–Crippen LogP) is 2.32. The molecule has 2 aromatic carbocycles. The third kappa shape index (κ3) is 4.05. The molecule has 3 heterocycles. The third-order valence-electron chi connectivity index (χ3n) is 5.72. The molecule has 0 aliphatic carbocycles. The SMILES string of the molecule is O=C(Cn1cnc2c(cnn2C2CCS(=O)(=O)C2)c1=O)N(c1ccccc1)c1ccccc1. The lowest BCUT2D eigenvalue weighted by Gasteiger charge is -2.23. The van der Waals surface area contributed by atoms with E-state index in [9.17, 15) is 18.0 Å². The van der Waals surface area contributed by atoms with Gasteiger partial charge in [-0.1, -0.05) is 36.4 Å². The average Bonchev–Trinajstić information content (AvgIpc) is 3.40. The second-order valence-electron chi connectivity index (χ2n) is 7.96. The maximum absolute atomic E-state index is 13.3. The van der Waals surface area contributed by atoms with Gasteiger partial charge in [-0.15, -0.1) is 0 Å². The number of sulfone groups is 1. The molecule has 4 aromatic rings. The Hall–Kier alpha value is -3.79. The summed E-state index contributed by atoms with van der Waals surface area (Å²) in [4.78, 5) is 32.3. The highest BCUT2D eigenvalue weighted by atomic mass is 32.2. The summed E-state index contributed by atoms with van der Waals surface area (Å²) in [6.45, 7) is -0.214. The summed E-state index contributed by atoms with van der Waals surface area (Å²) in [5.41, 5.74) is 1.30. The molecule has 0 bridgehead atoms. The maximum atomic E-state index is 13.3. The molecule has 33 heavy (non-hydrogen) atoms. The molecule has 1 atom stereocenters. The number of para-hydroxylation sites is 2. The van der Waals surface area contributed by atoms with Crippen molar-refractivity contribution >= 4 is 38.2 Å². The predicted molar refractivity (Wildman–Crippen MR) is 124 cm³/mol. The Balaban J connectivity index is 1.47. The first-order chi connectivity index (χ1) is 15.9. The Kier molecular flexibility index (Phi) is 5.29. The summed E-state index contributed by atoms with van der Waals surface area (Å²) >= 11 is 0. The monoisotopic (exact) mass is 463 g/mol. The summed E-state index contributed by atoms with van der Waals surface area (Å²) in [7, 11) is -3.11. The molecule has 0 N–H and O–H groups in total. The van der Waals surface area contributed by atoms with Gasteiger partial charge >= 0.3 is 0 Å². The van der Waals surface area contributed by atoms with E-state index >= 15 is 0 Å². The van der Waals surface area contributed by atoms with Gasteiger partial charge in [-0.3, -0.25) is 19.1 Å². The fourth-order valence-corrected chi connectivity index (χ4v) is 5.81. The first-order valence-electron chi connectivity index (χ1n) is 10.5. The summed E-state index contributed by atoms with van der Waals surface area (Å²) in [6, 6.07) is 18.1. The van der Waals surface area contributed by atoms with Gasteiger partial charge in [-0.2, -0.15) is 5.10 Å². The fraction of sp³-hybridized carbons (Fsp3) is 0.217. The average molecular weight is 464 g/mol. The number of nitrogens with zero attached hydrogens (tertiary/aromatic N) is 5. The number of hydrogen-bond acceptors (Lipinski definition) is 6. The zero-order chi connectivity index (χ0) is 23.0. The molecule has 0 radical (unpaired) electrons. The smallest absolute Gasteiger partial charge is 0.264 e. The van der Waals surface area contributed by atoms with Crippen molar-refractivity contribution in [3.8, 4) is 0 Å². The molecule has 9 nitrogen and oxygen atoms in total. The summed E-state index contributed by atoms with van der Waals surface area (Å²) in [5.74, 6) is -0.222. The molecule has 1 fully saturated rings. The lowest BCUT2D eigenvalue weighted by atomic mass is 10.2. The van der Waals surface area contributed by atoms with E-state index in [1.165, 1.54) is 21.8 Å². The molecular formula is C23H21N5O4S. The van der Waals surface area contributed by atoms with Gasteiger partial charge in [0.2, 0.25) is 0 Å². The number of fused-ring (bicyclic) bond motifs is 1. The highest BCUT2D eigenvalue weighted by Gasteiger charge is 2.31. The summed E-state index contributed by atoms with van der Waals surface area (Å²) in [5, 5.41) is 4.49. The van der Waals surface area contributed by atoms with Crippen molar-refractivity contribution in [3.63, 3.8) is 0 Å². The van der Waals surface area contributed by atoms with Gasteiger partial charge in [-0.25, -0.2) is 18.1 Å². The van der Waals surface area contributed by atoms with E-state index in [2.05, 4.69) is 10.1 Å². The van der Waals surface area contributed by atoms with Crippen molar-refractivity contribution in [2.45, 2.75) is 19.0 Å². The molecule has 10 heteroatoms. The van der Waals surface area contributed by atoms with Crippen molar-refractivity contribution in [2.75, 3.05) is 16.4 Å². The zero-order valence-electron chi connectivity index (χ0n) is 17.6. The lowest BCUT2D eigenvalue weighted by molar-refractivity contribution is -0.118. The zero-order valence-corrected chi connectivity index (χ0v) is 18.4. The van der Waals surface area contributed by atoms with E-state index in [1.54, 1.807) is 4.90 Å². The van der Waals surface area contributed by atoms with Crippen LogP contribution in [0.2, 0.25) is 0 Å². The van der Waals surface area contributed by atoms with Gasteiger partial charge in [0.1, 0.15) is 18.3 Å². The molecule has 0 spiro atoms. The Morgan fingerprint density at radius 3 is 2.24 bits per heavy atom. The minimum absolute atomic E-state index is 0.0177. The molecule has 1 saturated heterocycles.